The number of benzene rings is 1. The number of aromatic nitrogens is 2. The normalized spacial score (nSPS) is 17.2. The molecule has 7 nitrogen and oxygen atoms in total. The van der Waals surface area contributed by atoms with E-state index in [9.17, 15) is 9.59 Å². The molecule has 0 spiro atoms. The summed E-state index contributed by atoms with van der Waals surface area (Å²) in [7, 11) is 0. The summed E-state index contributed by atoms with van der Waals surface area (Å²) in [6.45, 7) is 2.72. The minimum atomic E-state index is -0.362. The average Bonchev–Trinajstić information content (AvgIpc) is 3.08. The third-order valence-corrected chi connectivity index (χ3v) is 5.03. The van der Waals surface area contributed by atoms with Gasteiger partial charge in [-0.05, 0) is 25.8 Å². The Kier molecular flexibility index (Phi) is 4.35. The molecule has 2 aromatic heterocycles. The molecule has 2 amide bonds. The number of nitrogens with zero attached hydrogens (tertiary/aromatic N) is 3. The first-order chi connectivity index (χ1) is 13.0. The number of carbonyl (C=O) groups is 2. The van der Waals surface area contributed by atoms with E-state index < -0.39 is 0 Å². The molecule has 1 unspecified atom stereocenters. The van der Waals surface area contributed by atoms with Gasteiger partial charge in [0.15, 0.2) is 0 Å². The van der Waals surface area contributed by atoms with Crippen LogP contribution in [0.25, 0.3) is 22.4 Å². The molecule has 1 aliphatic heterocycles. The number of rotatable bonds is 3. The first-order valence-electron chi connectivity index (χ1n) is 8.95. The molecule has 1 aliphatic rings. The Balaban J connectivity index is 1.79. The van der Waals surface area contributed by atoms with Crippen molar-refractivity contribution in [3.05, 3.63) is 47.7 Å². The van der Waals surface area contributed by atoms with Gasteiger partial charge in [0.1, 0.15) is 0 Å². The van der Waals surface area contributed by atoms with Crippen molar-refractivity contribution in [2.45, 2.75) is 19.8 Å². The topological polar surface area (TPSA) is 102 Å². The minimum absolute atomic E-state index is 0.156. The lowest BCUT2D eigenvalue weighted by Crippen LogP contribution is -2.44. The van der Waals surface area contributed by atoms with Crippen molar-refractivity contribution in [2.75, 3.05) is 13.1 Å². The Hall–Kier alpha value is -3.22. The summed E-state index contributed by atoms with van der Waals surface area (Å²) in [5.41, 5.74) is 8.42. The van der Waals surface area contributed by atoms with Crippen LogP contribution in [0, 0.1) is 12.8 Å². The van der Waals surface area contributed by atoms with Crippen LogP contribution >= 0.6 is 0 Å². The Morgan fingerprint density at radius 3 is 2.78 bits per heavy atom. The number of likely N-dealkylation sites (tertiary alicyclic amines) is 1. The monoisotopic (exact) mass is 364 g/mol. The highest BCUT2D eigenvalue weighted by atomic mass is 16.5. The van der Waals surface area contributed by atoms with Gasteiger partial charge in [0.25, 0.3) is 11.6 Å². The Labute approximate surface area is 156 Å². The molecular formula is C20H20N4O3. The summed E-state index contributed by atoms with van der Waals surface area (Å²) < 4.78 is 5.34. The van der Waals surface area contributed by atoms with Gasteiger partial charge in [-0.25, -0.2) is 4.98 Å². The second-order valence-corrected chi connectivity index (χ2v) is 6.86. The zero-order valence-electron chi connectivity index (χ0n) is 15.0. The fourth-order valence-corrected chi connectivity index (χ4v) is 3.58. The van der Waals surface area contributed by atoms with E-state index in [-0.39, 0.29) is 17.7 Å². The molecule has 1 saturated heterocycles. The van der Waals surface area contributed by atoms with Crippen molar-refractivity contribution < 1.29 is 14.1 Å². The first kappa shape index (κ1) is 17.2. The van der Waals surface area contributed by atoms with Gasteiger partial charge in [-0.15, -0.1) is 0 Å². The number of fused-ring (bicyclic) bond motifs is 1. The molecule has 1 atom stereocenters. The van der Waals surface area contributed by atoms with Crippen LogP contribution in [0.3, 0.4) is 0 Å². The quantitative estimate of drug-likeness (QED) is 0.769. The van der Waals surface area contributed by atoms with E-state index in [1.807, 2.05) is 30.3 Å². The van der Waals surface area contributed by atoms with Gasteiger partial charge >= 0.3 is 0 Å². The van der Waals surface area contributed by atoms with Crippen molar-refractivity contribution in [3.63, 3.8) is 0 Å². The minimum Gasteiger partial charge on any atom is -0.369 e. The molecule has 138 valence electrons. The molecule has 0 saturated carbocycles. The maximum Gasteiger partial charge on any atom is 0.259 e. The van der Waals surface area contributed by atoms with Crippen LogP contribution in [0.15, 0.2) is 40.9 Å². The Bertz CT molecular complexity index is 1010. The van der Waals surface area contributed by atoms with E-state index >= 15 is 0 Å². The van der Waals surface area contributed by atoms with Gasteiger partial charge in [-0.1, -0.05) is 35.5 Å². The van der Waals surface area contributed by atoms with Gasteiger partial charge in [-0.2, -0.15) is 0 Å². The summed E-state index contributed by atoms with van der Waals surface area (Å²) in [5, 5.41) is 4.59. The number of nitrogens with two attached hydrogens (primary N) is 1. The molecule has 7 heteroatoms. The number of carbonyl (C=O) groups excluding carboxylic acids is 2. The second kappa shape index (κ2) is 6.83. The van der Waals surface area contributed by atoms with Crippen molar-refractivity contribution in [1.82, 2.24) is 15.0 Å². The summed E-state index contributed by atoms with van der Waals surface area (Å²) in [6, 6.07) is 11.4. The number of hydrogen-bond donors (Lipinski definition) is 1. The van der Waals surface area contributed by atoms with E-state index in [4.69, 9.17) is 10.3 Å². The van der Waals surface area contributed by atoms with Crippen molar-refractivity contribution >= 4 is 22.9 Å². The lowest BCUT2D eigenvalue weighted by molar-refractivity contribution is -0.123. The first-order valence-corrected chi connectivity index (χ1v) is 8.95. The average molecular weight is 364 g/mol. The SMILES string of the molecule is Cc1noc2nc(-c3ccccc3)cc(C(=O)N3CCCC(C(N)=O)C3)c12. The van der Waals surface area contributed by atoms with Gasteiger partial charge in [0.05, 0.1) is 28.3 Å². The zero-order valence-corrected chi connectivity index (χ0v) is 15.0. The Morgan fingerprint density at radius 2 is 2.04 bits per heavy atom. The maximum atomic E-state index is 13.3. The van der Waals surface area contributed by atoms with Crippen molar-refractivity contribution in [1.29, 1.82) is 0 Å². The summed E-state index contributed by atoms with van der Waals surface area (Å²) in [4.78, 5) is 31.1. The highest BCUT2D eigenvalue weighted by Gasteiger charge is 2.30. The standard InChI is InChI=1S/C20H20N4O3/c1-12-17-15(20(26)24-9-5-8-14(11-24)18(21)25)10-16(22-19(17)27-23-12)13-6-3-2-4-7-13/h2-4,6-7,10,14H,5,8-9,11H2,1H3,(H2,21,25). The molecule has 0 aliphatic carbocycles. The van der Waals surface area contributed by atoms with Crippen LogP contribution < -0.4 is 5.73 Å². The third kappa shape index (κ3) is 3.16. The number of hydrogen-bond acceptors (Lipinski definition) is 5. The second-order valence-electron chi connectivity index (χ2n) is 6.86. The zero-order chi connectivity index (χ0) is 19.0. The van der Waals surface area contributed by atoms with E-state index in [2.05, 4.69) is 10.1 Å². The highest BCUT2D eigenvalue weighted by Crippen LogP contribution is 2.29. The van der Waals surface area contributed by atoms with Crippen molar-refractivity contribution in [3.8, 4) is 11.3 Å². The van der Waals surface area contributed by atoms with Gasteiger partial charge in [-0.3, -0.25) is 9.59 Å². The molecule has 2 N–H and O–H groups in total. The molecule has 1 fully saturated rings. The van der Waals surface area contributed by atoms with Crippen LogP contribution in [-0.2, 0) is 4.79 Å². The molecule has 27 heavy (non-hydrogen) atoms. The van der Waals surface area contributed by atoms with Crippen LogP contribution in [0.1, 0.15) is 28.9 Å². The van der Waals surface area contributed by atoms with Crippen molar-refractivity contribution in [2.24, 2.45) is 11.7 Å². The smallest absolute Gasteiger partial charge is 0.259 e. The van der Waals surface area contributed by atoms with E-state index in [1.165, 1.54) is 0 Å². The molecule has 0 radical (unpaired) electrons. The fraction of sp³-hybridized carbons (Fsp3) is 0.300. The van der Waals surface area contributed by atoms with E-state index in [0.717, 1.165) is 12.0 Å². The molecule has 1 aromatic carbocycles. The van der Waals surface area contributed by atoms with E-state index in [0.29, 0.717) is 47.6 Å². The summed E-state index contributed by atoms with van der Waals surface area (Å²) >= 11 is 0. The van der Waals surface area contributed by atoms with Gasteiger partial charge in [0.2, 0.25) is 5.91 Å². The largest absolute Gasteiger partial charge is 0.369 e. The lowest BCUT2D eigenvalue weighted by atomic mass is 9.96. The molecular weight excluding hydrogens is 344 g/mol. The number of primary amides is 1. The predicted octanol–water partition coefficient (Wildman–Crippen LogP) is 2.54. The summed E-state index contributed by atoms with van der Waals surface area (Å²) in [6.07, 6.45) is 1.47. The number of amides is 2. The number of pyridine rings is 1. The Morgan fingerprint density at radius 1 is 1.26 bits per heavy atom. The van der Waals surface area contributed by atoms with E-state index in [1.54, 1.807) is 17.9 Å². The summed E-state index contributed by atoms with van der Waals surface area (Å²) in [5.74, 6) is -0.826. The molecule has 3 aromatic rings. The third-order valence-electron chi connectivity index (χ3n) is 5.03. The predicted molar refractivity (Wildman–Crippen MR) is 99.8 cm³/mol. The highest BCUT2D eigenvalue weighted by molar-refractivity contribution is 6.07. The van der Waals surface area contributed by atoms with Crippen LogP contribution in [0.5, 0.6) is 0 Å². The van der Waals surface area contributed by atoms with Crippen LogP contribution in [0.2, 0.25) is 0 Å². The van der Waals surface area contributed by atoms with Gasteiger partial charge < -0.3 is 15.2 Å². The van der Waals surface area contributed by atoms with Crippen LogP contribution in [0.4, 0.5) is 0 Å². The molecule has 4 rings (SSSR count). The number of aryl methyl sites for hydroxylation is 1. The lowest BCUT2D eigenvalue weighted by Gasteiger charge is -2.31. The molecule has 0 bridgehead atoms. The molecule has 3 heterocycles. The van der Waals surface area contributed by atoms with Crippen LogP contribution in [-0.4, -0.2) is 39.9 Å². The maximum absolute atomic E-state index is 13.3. The number of piperidine rings is 1. The fourth-order valence-electron chi connectivity index (χ4n) is 3.58. The van der Waals surface area contributed by atoms with Gasteiger partial charge in [0, 0.05) is 18.7 Å².